The molecule has 0 aliphatic heterocycles. The Morgan fingerprint density at radius 1 is 0.432 bits per heavy atom. The molecule has 0 fully saturated rings. The molecule has 3 nitrogen and oxygen atoms in total. The van der Waals surface area contributed by atoms with Crippen molar-refractivity contribution in [3.8, 4) is 44.9 Å². The highest BCUT2D eigenvalue weighted by Crippen LogP contribution is 2.36. The van der Waals surface area contributed by atoms with Crippen LogP contribution in [0.15, 0.2) is 138 Å². The number of nitrogens with zero attached hydrogens (tertiary/aromatic N) is 2. The van der Waals surface area contributed by atoms with Crippen LogP contribution in [0, 0.1) is 0 Å². The largest absolute Gasteiger partial charge is 0.452 e. The molecule has 174 valence electrons. The molecule has 0 N–H and O–H groups in total. The van der Waals surface area contributed by atoms with Crippen LogP contribution in [-0.2, 0) is 0 Å². The number of aromatic nitrogens is 2. The monoisotopic (exact) mass is 474 g/mol. The third kappa shape index (κ3) is 3.87. The summed E-state index contributed by atoms with van der Waals surface area (Å²) in [6.45, 7) is 0. The molecule has 0 saturated heterocycles. The highest BCUT2D eigenvalue weighted by atomic mass is 16.3. The summed E-state index contributed by atoms with van der Waals surface area (Å²) in [5.41, 5.74) is 9.79. The molecule has 3 heteroatoms. The van der Waals surface area contributed by atoms with E-state index in [9.17, 15) is 0 Å². The predicted octanol–water partition coefficient (Wildman–Crippen LogP) is 9.04. The second kappa shape index (κ2) is 8.89. The Labute approximate surface area is 214 Å². The van der Waals surface area contributed by atoms with Gasteiger partial charge in [-0.3, -0.25) is 0 Å². The number of rotatable bonds is 4. The van der Waals surface area contributed by atoms with Gasteiger partial charge in [-0.2, -0.15) is 0 Å². The molecule has 0 atom stereocenters. The van der Waals surface area contributed by atoms with E-state index in [-0.39, 0.29) is 0 Å². The second-order valence-electron chi connectivity index (χ2n) is 9.07. The topological polar surface area (TPSA) is 38.9 Å². The minimum absolute atomic E-state index is 0.680. The summed E-state index contributed by atoms with van der Waals surface area (Å²) >= 11 is 0. The first-order chi connectivity index (χ1) is 18.3. The number of furan rings is 1. The van der Waals surface area contributed by atoms with Crippen LogP contribution in [0.4, 0.5) is 0 Å². The first-order valence-corrected chi connectivity index (χ1v) is 12.3. The number of hydrogen-bond donors (Lipinski definition) is 0. The Hall–Kier alpha value is -5.02. The lowest BCUT2D eigenvalue weighted by Crippen LogP contribution is -1.94. The molecule has 0 spiro atoms. The molecule has 37 heavy (non-hydrogen) atoms. The average molecular weight is 475 g/mol. The molecule has 2 heterocycles. The van der Waals surface area contributed by atoms with Crippen LogP contribution in [0.2, 0.25) is 0 Å². The molecule has 0 saturated carbocycles. The summed E-state index contributed by atoms with van der Waals surface area (Å²) in [7, 11) is 0. The Kier molecular flexibility index (Phi) is 5.11. The van der Waals surface area contributed by atoms with Crippen LogP contribution in [0.25, 0.3) is 67.0 Å². The summed E-state index contributed by atoms with van der Waals surface area (Å²) in [6.07, 6.45) is 0. The van der Waals surface area contributed by atoms with Crippen LogP contribution in [-0.4, -0.2) is 9.97 Å². The molecule has 0 amide bonds. The lowest BCUT2D eigenvalue weighted by molar-refractivity contribution is 0.667. The highest BCUT2D eigenvalue weighted by molar-refractivity contribution is 6.07. The number of benzene rings is 5. The van der Waals surface area contributed by atoms with Gasteiger partial charge in [0, 0.05) is 16.5 Å². The van der Waals surface area contributed by atoms with Gasteiger partial charge in [-0.25, -0.2) is 9.97 Å². The fourth-order valence-electron chi connectivity index (χ4n) is 4.86. The van der Waals surface area contributed by atoms with E-state index in [4.69, 9.17) is 14.4 Å². The predicted molar refractivity (Wildman–Crippen MR) is 151 cm³/mol. The third-order valence-electron chi connectivity index (χ3n) is 6.69. The van der Waals surface area contributed by atoms with Gasteiger partial charge >= 0.3 is 0 Å². The fourth-order valence-corrected chi connectivity index (χ4v) is 4.86. The molecule has 0 unspecified atom stereocenters. The van der Waals surface area contributed by atoms with Gasteiger partial charge in [0.2, 0.25) is 0 Å². The van der Waals surface area contributed by atoms with Crippen LogP contribution in [0.3, 0.4) is 0 Å². The van der Waals surface area contributed by atoms with Gasteiger partial charge < -0.3 is 4.42 Å². The third-order valence-corrected chi connectivity index (χ3v) is 6.69. The average Bonchev–Trinajstić information content (AvgIpc) is 3.36. The first kappa shape index (κ1) is 21.3. The number of hydrogen-bond acceptors (Lipinski definition) is 3. The van der Waals surface area contributed by atoms with E-state index in [0.717, 1.165) is 44.4 Å². The Morgan fingerprint density at radius 2 is 0.973 bits per heavy atom. The zero-order valence-electron chi connectivity index (χ0n) is 20.0. The molecule has 0 aliphatic rings. The fraction of sp³-hybridized carbons (Fsp3) is 0. The van der Waals surface area contributed by atoms with E-state index in [1.54, 1.807) is 0 Å². The standard InChI is InChI=1S/C34H22N2O/c1-3-11-23(12-4-1)25-15-9-16-26(21-25)27-17-10-18-28(22-27)34-35-31(24-13-5-2-6-14-24)33-32(36-34)29-19-7-8-20-30(29)37-33/h1-22H. The smallest absolute Gasteiger partial charge is 0.180 e. The normalized spacial score (nSPS) is 11.2. The van der Waals surface area contributed by atoms with Crippen molar-refractivity contribution in [1.82, 2.24) is 9.97 Å². The van der Waals surface area contributed by atoms with Crippen molar-refractivity contribution in [1.29, 1.82) is 0 Å². The van der Waals surface area contributed by atoms with Crippen LogP contribution >= 0.6 is 0 Å². The molecule has 7 rings (SSSR count). The maximum Gasteiger partial charge on any atom is 0.180 e. The molecular weight excluding hydrogens is 452 g/mol. The van der Waals surface area contributed by atoms with Crippen molar-refractivity contribution < 1.29 is 4.42 Å². The summed E-state index contributed by atoms with van der Waals surface area (Å²) < 4.78 is 6.25. The van der Waals surface area contributed by atoms with Crippen molar-refractivity contribution in [2.45, 2.75) is 0 Å². The Balaban J connectivity index is 1.39. The van der Waals surface area contributed by atoms with Gasteiger partial charge in [0.1, 0.15) is 16.8 Å². The summed E-state index contributed by atoms with van der Waals surface area (Å²) in [4.78, 5) is 10.0. The van der Waals surface area contributed by atoms with E-state index >= 15 is 0 Å². The van der Waals surface area contributed by atoms with Crippen molar-refractivity contribution in [3.05, 3.63) is 133 Å². The minimum Gasteiger partial charge on any atom is -0.452 e. The Bertz CT molecular complexity index is 1870. The molecule has 0 aliphatic carbocycles. The van der Waals surface area contributed by atoms with E-state index in [1.807, 2.05) is 42.5 Å². The maximum absolute atomic E-state index is 6.25. The Morgan fingerprint density at radius 3 is 1.70 bits per heavy atom. The SMILES string of the molecule is c1ccc(-c2cccc(-c3cccc(-c4nc(-c5ccccc5)c5oc6ccccc6c5n4)c3)c2)cc1. The van der Waals surface area contributed by atoms with Crippen molar-refractivity contribution in [3.63, 3.8) is 0 Å². The lowest BCUT2D eigenvalue weighted by Gasteiger charge is -2.09. The maximum atomic E-state index is 6.25. The first-order valence-electron chi connectivity index (χ1n) is 12.3. The lowest BCUT2D eigenvalue weighted by atomic mass is 9.98. The zero-order chi connectivity index (χ0) is 24.6. The second-order valence-corrected chi connectivity index (χ2v) is 9.07. The van der Waals surface area contributed by atoms with Crippen molar-refractivity contribution >= 4 is 22.1 Å². The molecule has 0 bridgehead atoms. The van der Waals surface area contributed by atoms with Crippen molar-refractivity contribution in [2.75, 3.05) is 0 Å². The van der Waals surface area contributed by atoms with Crippen LogP contribution in [0.5, 0.6) is 0 Å². The van der Waals surface area contributed by atoms with Gasteiger partial charge in [-0.15, -0.1) is 0 Å². The summed E-state index contributed by atoms with van der Waals surface area (Å²) in [5, 5.41) is 0.991. The zero-order valence-corrected chi connectivity index (χ0v) is 20.0. The summed E-state index contributed by atoms with van der Waals surface area (Å²) in [5.74, 6) is 0.680. The highest BCUT2D eigenvalue weighted by Gasteiger charge is 2.18. The van der Waals surface area contributed by atoms with E-state index < -0.39 is 0 Å². The minimum atomic E-state index is 0.680. The quantitative estimate of drug-likeness (QED) is 0.255. The van der Waals surface area contributed by atoms with Gasteiger partial charge in [0.25, 0.3) is 0 Å². The van der Waals surface area contributed by atoms with E-state index in [0.29, 0.717) is 11.4 Å². The van der Waals surface area contributed by atoms with Gasteiger partial charge in [0.15, 0.2) is 11.4 Å². The van der Waals surface area contributed by atoms with E-state index in [1.165, 1.54) is 11.1 Å². The van der Waals surface area contributed by atoms with Gasteiger partial charge in [-0.05, 0) is 46.5 Å². The molecule has 0 radical (unpaired) electrons. The van der Waals surface area contributed by atoms with Crippen LogP contribution in [0.1, 0.15) is 0 Å². The van der Waals surface area contributed by atoms with Crippen molar-refractivity contribution in [2.24, 2.45) is 0 Å². The molecule has 7 aromatic rings. The molecular formula is C34H22N2O. The van der Waals surface area contributed by atoms with Gasteiger partial charge in [-0.1, -0.05) is 109 Å². The number of para-hydroxylation sites is 1. The summed E-state index contributed by atoms with van der Waals surface area (Å²) in [6, 6.07) is 45.7. The van der Waals surface area contributed by atoms with Gasteiger partial charge in [0.05, 0.1) is 0 Å². The number of fused-ring (bicyclic) bond motifs is 3. The van der Waals surface area contributed by atoms with Crippen LogP contribution < -0.4 is 0 Å². The molecule has 5 aromatic carbocycles. The van der Waals surface area contributed by atoms with E-state index in [2.05, 4.69) is 91.0 Å². The molecule has 2 aromatic heterocycles.